The molecule has 0 spiro atoms. The number of amides is 1. The molecule has 1 amide bonds. The molecule has 16 heavy (non-hydrogen) atoms. The molecule has 0 aliphatic rings. The molecule has 2 heteroatoms. The number of carbonyl (C=O) groups is 1. The summed E-state index contributed by atoms with van der Waals surface area (Å²) >= 11 is 0. The molecule has 0 fully saturated rings. The second-order valence-electron chi connectivity index (χ2n) is 5.13. The van der Waals surface area contributed by atoms with Gasteiger partial charge in [0.05, 0.1) is 6.42 Å². The van der Waals surface area contributed by atoms with E-state index in [4.69, 9.17) is 0 Å². The SMILES string of the molecule is CC(C)(C)C/C=N/C(=O)Cc1ccccc1. The van der Waals surface area contributed by atoms with Gasteiger partial charge in [-0.25, -0.2) is 4.99 Å². The van der Waals surface area contributed by atoms with Gasteiger partial charge in [-0.3, -0.25) is 4.79 Å². The van der Waals surface area contributed by atoms with Crippen molar-refractivity contribution in [2.75, 3.05) is 0 Å². The molecule has 0 radical (unpaired) electrons. The number of carbonyl (C=O) groups excluding carboxylic acids is 1. The molecule has 0 bridgehead atoms. The van der Waals surface area contributed by atoms with Crippen LogP contribution < -0.4 is 0 Å². The van der Waals surface area contributed by atoms with Gasteiger partial charge >= 0.3 is 0 Å². The van der Waals surface area contributed by atoms with E-state index in [1.165, 1.54) is 0 Å². The molecule has 0 aliphatic carbocycles. The summed E-state index contributed by atoms with van der Waals surface area (Å²) in [6.07, 6.45) is 2.94. The van der Waals surface area contributed by atoms with E-state index in [1.54, 1.807) is 6.21 Å². The minimum atomic E-state index is -0.0737. The predicted molar refractivity (Wildman–Crippen MR) is 67.7 cm³/mol. The Bertz CT molecular complexity index is 360. The first-order valence-corrected chi connectivity index (χ1v) is 5.57. The van der Waals surface area contributed by atoms with Crippen LogP contribution in [0.3, 0.4) is 0 Å². The Balaban J connectivity index is 2.43. The predicted octanol–water partition coefficient (Wildman–Crippen LogP) is 3.26. The smallest absolute Gasteiger partial charge is 0.249 e. The lowest BCUT2D eigenvalue weighted by Gasteiger charge is -2.13. The van der Waals surface area contributed by atoms with Crippen LogP contribution in [0.25, 0.3) is 0 Å². The molecular weight excluding hydrogens is 198 g/mol. The topological polar surface area (TPSA) is 29.4 Å². The van der Waals surface area contributed by atoms with Crippen LogP contribution in [0.15, 0.2) is 35.3 Å². The summed E-state index contributed by atoms with van der Waals surface area (Å²) in [5.74, 6) is -0.0737. The third kappa shape index (κ3) is 5.44. The number of nitrogens with zero attached hydrogens (tertiary/aromatic N) is 1. The number of rotatable bonds is 3. The van der Waals surface area contributed by atoms with Crippen molar-refractivity contribution in [2.45, 2.75) is 33.6 Å². The first kappa shape index (κ1) is 12.6. The molecule has 86 valence electrons. The maximum absolute atomic E-state index is 11.5. The van der Waals surface area contributed by atoms with Gasteiger partial charge in [-0.1, -0.05) is 51.1 Å². The maximum atomic E-state index is 11.5. The van der Waals surface area contributed by atoms with Crippen molar-refractivity contribution in [2.24, 2.45) is 10.4 Å². The van der Waals surface area contributed by atoms with Crippen LogP contribution in [0.2, 0.25) is 0 Å². The Morgan fingerprint density at radius 1 is 1.25 bits per heavy atom. The summed E-state index contributed by atoms with van der Waals surface area (Å²) in [6.45, 7) is 6.38. The highest BCUT2D eigenvalue weighted by Gasteiger charge is 2.07. The third-order valence-corrected chi connectivity index (χ3v) is 2.14. The Morgan fingerprint density at radius 3 is 2.44 bits per heavy atom. The molecule has 0 N–H and O–H groups in total. The van der Waals surface area contributed by atoms with Crippen molar-refractivity contribution in [1.29, 1.82) is 0 Å². The van der Waals surface area contributed by atoms with Crippen LogP contribution in [0.5, 0.6) is 0 Å². The number of aliphatic imine (C=N–C) groups is 1. The average molecular weight is 217 g/mol. The average Bonchev–Trinajstić information content (AvgIpc) is 2.17. The standard InChI is InChI=1S/C14H19NO/c1-14(2,3)9-10-15-13(16)11-12-7-5-4-6-8-12/h4-8,10H,9,11H2,1-3H3/b15-10+. The molecule has 1 aromatic rings. The summed E-state index contributed by atoms with van der Waals surface area (Å²) in [4.78, 5) is 15.4. The Labute approximate surface area is 97.4 Å². The van der Waals surface area contributed by atoms with Crippen molar-refractivity contribution < 1.29 is 4.79 Å². The van der Waals surface area contributed by atoms with Crippen LogP contribution in [0.1, 0.15) is 32.8 Å². The molecule has 0 heterocycles. The van der Waals surface area contributed by atoms with E-state index in [2.05, 4.69) is 25.8 Å². The van der Waals surface area contributed by atoms with Crippen LogP contribution in [0.4, 0.5) is 0 Å². The van der Waals surface area contributed by atoms with E-state index < -0.39 is 0 Å². The summed E-state index contributed by atoms with van der Waals surface area (Å²) in [5, 5.41) is 0. The van der Waals surface area contributed by atoms with Gasteiger partial charge in [0.2, 0.25) is 5.91 Å². The fourth-order valence-corrected chi connectivity index (χ4v) is 1.24. The quantitative estimate of drug-likeness (QED) is 0.714. The van der Waals surface area contributed by atoms with Crippen molar-refractivity contribution in [1.82, 2.24) is 0 Å². The van der Waals surface area contributed by atoms with Gasteiger partial charge in [0, 0.05) is 6.21 Å². The van der Waals surface area contributed by atoms with Gasteiger partial charge in [-0.05, 0) is 17.4 Å². The first-order chi connectivity index (χ1) is 7.47. The fourth-order valence-electron chi connectivity index (χ4n) is 1.24. The lowest BCUT2D eigenvalue weighted by Crippen LogP contribution is -2.06. The van der Waals surface area contributed by atoms with E-state index in [-0.39, 0.29) is 11.3 Å². The van der Waals surface area contributed by atoms with Gasteiger partial charge < -0.3 is 0 Å². The van der Waals surface area contributed by atoms with Gasteiger partial charge in [-0.15, -0.1) is 0 Å². The molecule has 0 atom stereocenters. The highest BCUT2D eigenvalue weighted by molar-refractivity contribution is 5.86. The second-order valence-corrected chi connectivity index (χ2v) is 5.13. The lowest BCUT2D eigenvalue weighted by atomic mass is 9.93. The molecule has 2 nitrogen and oxygen atoms in total. The van der Waals surface area contributed by atoms with Gasteiger partial charge in [0.1, 0.15) is 0 Å². The third-order valence-electron chi connectivity index (χ3n) is 2.14. The van der Waals surface area contributed by atoms with E-state index in [0.29, 0.717) is 6.42 Å². The zero-order valence-electron chi connectivity index (χ0n) is 10.2. The molecule has 0 unspecified atom stereocenters. The van der Waals surface area contributed by atoms with E-state index >= 15 is 0 Å². The highest BCUT2D eigenvalue weighted by atomic mass is 16.1. The number of hydrogen-bond donors (Lipinski definition) is 0. The number of hydrogen-bond acceptors (Lipinski definition) is 1. The normalized spacial score (nSPS) is 11.9. The molecule has 0 aromatic heterocycles. The largest absolute Gasteiger partial charge is 0.272 e. The maximum Gasteiger partial charge on any atom is 0.249 e. The van der Waals surface area contributed by atoms with Crippen LogP contribution in [-0.4, -0.2) is 12.1 Å². The van der Waals surface area contributed by atoms with Crippen LogP contribution in [-0.2, 0) is 11.2 Å². The second kappa shape index (κ2) is 5.59. The zero-order chi connectivity index (χ0) is 12.0. The van der Waals surface area contributed by atoms with Crippen molar-refractivity contribution >= 4 is 12.1 Å². The Morgan fingerprint density at radius 2 is 1.88 bits per heavy atom. The molecule has 0 aliphatic heterocycles. The molecule has 0 saturated carbocycles. The molecular formula is C14H19NO. The first-order valence-electron chi connectivity index (χ1n) is 5.57. The Hall–Kier alpha value is -1.44. The van der Waals surface area contributed by atoms with Crippen LogP contribution in [0, 0.1) is 5.41 Å². The number of benzene rings is 1. The van der Waals surface area contributed by atoms with E-state index in [0.717, 1.165) is 12.0 Å². The molecule has 1 rings (SSSR count). The van der Waals surface area contributed by atoms with Gasteiger partial charge in [0.15, 0.2) is 0 Å². The zero-order valence-corrected chi connectivity index (χ0v) is 10.2. The molecule has 1 aromatic carbocycles. The summed E-state index contributed by atoms with van der Waals surface area (Å²) in [7, 11) is 0. The fraction of sp³-hybridized carbons (Fsp3) is 0.429. The van der Waals surface area contributed by atoms with Crippen LogP contribution >= 0.6 is 0 Å². The van der Waals surface area contributed by atoms with Crippen molar-refractivity contribution in [3.8, 4) is 0 Å². The van der Waals surface area contributed by atoms with E-state index in [1.807, 2.05) is 30.3 Å². The summed E-state index contributed by atoms with van der Waals surface area (Å²) < 4.78 is 0. The lowest BCUT2D eigenvalue weighted by molar-refractivity contribution is -0.117. The van der Waals surface area contributed by atoms with Gasteiger partial charge in [0.25, 0.3) is 0 Å². The Kier molecular flexibility index (Phi) is 4.41. The van der Waals surface area contributed by atoms with Gasteiger partial charge in [-0.2, -0.15) is 0 Å². The minimum Gasteiger partial charge on any atom is -0.272 e. The monoisotopic (exact) mass is 217 g/mol. The van der Waals surface area contributed by atoms with E-state index in [9.17, 15) is 4.79 Å². The molecule has 0 saturated heterocycles. The minimum absolute atomic E-state index is 0.0737. The van der Waals surface area contributed by atoms with Crippen molar-refractivity contribution in [3.63, 3.8) is 0 Å². The summed E-state index contributed by atoms with van der Waals surface area (Å²) in [5.41, 5.74) is 1.21. The highest BCUT2D eigenvalue weighted by Crippen LogP contribution is 2.16. The summed E-state index contributed by atoms with van der Waals surface area (Å²) in [6, 6.07) is 9.69. The van der Waals surface area contributed by atoms with Crippen molar-refractivity contribution in [3.05, 3.63) is 35.9 Å².